The lowest BCUT2D eigenvalue weighted by molar-refractivity contribution is 0.453. The van der Waals surface area contributed by atoms with Crippen molar-refractivity contribution in [3.8, 4) is 17.1 Å². The van der Waals surface area contributed by atoms with E-state index in [0.29, 0.717) is 5.92 Å². The number of imidazole rings is 1. The normalized spacial score (nSPS) is 15.4. The summed E-state index contributed by atoms with van der Waals surface area (Å²) in [6.07, 6.45) is 11.7. The lowest BCUT2D eigenvalue weighted by atomic mass is 9.93. The molecule has 0 spiro atoms. The number of rotatable bonds is 3. The van der Waals surface area contributed by atoms with E-state index in [4.69, 9.17) is 4.98 Å². The Balaban J connectivity index is 1.47. The summed E-state index contributed by atoms with van der Waals surface area (Å²) in [5, 5.41) is 13.3. The fourth-order valence-corrected chi connectivity index (χ4v) is 4.40. The smallest absolute Gasteiger partial charge is 0.116 e. The summed E-state index contributed by atoms with van der Waals surface area (Å²) < 4.78 is 2.00. The van der Waals surface area contributed by atoms with Gasteiger partial charge < -0.3 is 14.9 Å². The number of H-pyrrole nitrogens is 2. The van der Waals surface area contributed by atoms with E-state index in [0.717, 1.165) is 76.2 Å². The third kappa shape index (κ3) is 2.80. The van der Waals surface area contributed by atoms with Gasteiger partial charge in [0.15, 0.2) is 0 Å². The summed E-state index contributed by atoms with van der Waals surface area (Å²) >= 11 is 0. The van der Waals surface area contributed by atoms with Crippen molar-refractivity contribution < 1.29 is 0 Å². The van der Waals surface area contributed by atoms with Crippen LogP contribution in [0.1, 0.15) is 30.1 Å². The van der Waals surface area contributed by atoms with E-state index < -0.39 is 0 Å². The van der Waals surface area contributed by atoms with Gasteiger partial charge in [-0.3, -0.25) is 15.1 Å². The highest BCUT2D eigenvalue weighted by Crippen LogP contribution is 2.33. The third-order valence-corrected chi connectivity index (χ3v) is 6.00. The Bertz CT molecular complexity index is 1350. The van der Waals surface area contributed by atoms with E-state index in [-0.39, 0.29) is 0 Å². The lowest BCUT2D eigenvalue weighted by Crippen LogP contribution is -2.27. The van der Waals surface area contributed by atoms with Crippen molar-refractivity contribution in [1.29, 1.82) is 0 Å². The Hall–Kier alpha value is -3.52. The number of pyridine rings is 2. The molecule has 6 heterocycles. The SMILES string of the molecule is Cc1cn(-c2cncc3[nH]c(-c4n[nH]c5cnc(C6CCNCC6)cc45)cc23)cn1. The minimum Gasteiger partial charge on any atom is -0.352 e. The monoisotopic (exact) mass is 398 g/mol. The van der Waals surface area contributed by atoms with E-state index in [1.807, 2.05) is 42.6 Å². The minimum atomic E-state index is 0.501. The summed E-state index contributed by atoms with van der Waals surface area (Å²) in [5.74, 6) is 0.501. The number of piperidine rings is 1. The number of aromatic nitrogens is 7. The molecule has 8 heteroatoms. The van der Waals surface area contributed by atoms with Crippen LogP contribution in [0.5, 0.6) is 0 Å². The van der Waals surface area contributed by atoms with Crippen molar-refractivity contribution in [2.75, 3.05) is 13.1 Å². The van der Waals surface area contributed by atoms with Crippen molar-refractivity contribution in [3.63, 3.8) is 0 Å². The van der Waals surface area contributed by atoms with Gasteiger partial charge in [-0.15, -0.1) is 0 Å². The van der Waals surface area contributed by atoms with Crippen LogP contribution in [0.3, 0.4) is 0 Å². The zero-order valence-electron chi connectivity index (χ0n) is 16.7. The second-order valence-corrected chi connectivity index (χ2v) is 7.98. The predicted octanol–water partition coefficient (Wildman–Crippen LogP) is 3.46. The van der Waals surface area contributed by atoms with E-state index >= 15 is 0 Å². The standard InChI is InChI=1S/C22H22N8/c1-13-11-30(12-26-13)21-10-24-8-19-15(21)6-18(27-19)22-16-7-17(14-2-4-23-5-3-14)25-9-20(16)28-29-22/h6-12,14,23,27H,2-5H2,1H3,(H,28,29). The first-order chi connectivity index (χ1) is 14.8. The highest BCUT2D eigenvalue weighted by atomic mass is 15.1. The Morgan fingerprint density at radius 3 is 2.73 bits per heavy atom. The number of hydrogen-bond acceptors (Lipinski definition) is 5. The second-order valence-electron chi connectivity index (χ2n) is 7.98. The van der Waals surface area contributed by atoms with Crippen LogP contribution in [0.15, 0.2) is 43.2 Å². The molecule has 0 saturated carbocycles. The van der Waals surface area contributed by atoms with Gasteiger partial charge in [0.05, 0.1) is 53.0 Å². The lowest BCUT2D eigenvalue weighted by Gasteiger charge is -2.22. The molecule has 5 aromatic rings. The van der Waals surface area contributed by atoms with Gasteiger partial charge in [0.1, 0.15) is 5.69 Å². The van der Waals surface area contributed by atoms with Gasteiger partial charge in [-0.1, -0.05) is 0 Å². The third-order valence-electron chi connectivity index (χ3n) is 6.00. The fraction of sp³-hybridized carbons (Fsp3) is 0.273. The van der Waals surface area contributed by atoms with Gasteiger partial charge in [0.2, 0.25) is 0 Å². The number of fused-ring (bicyclic) bond motifs is 2. The molecule has 30 heavy (non-hydrogen) atoms. The molecule has 6 rings (SSSR count). The van der Waals surface area contributed by atoms with Gasteiger partial charge in [0, 0.05) is 28.6 Å². The van der Waals surface area contributed by atoms with Crippen molar-refractivity contribution in [3.05, 3.63) is 54.6 Å². The maximum atomic E-state index is 4.71. The zero-order chi connectivity index (χ0) is 20.1. The van der Waals surface area contributed by atoms with Crippen LogP contribution in [-0.4, -0.2) is 47.8 Å². The first-order valence-corrected chi connectivity index (χ1v) is 10.3. The first-order valence-electron chi connectivity index (χ1n) is 10.3. The van der Waals surface area contributed by atoms with Crippen LogP contribution < -0.4 is 5.32 Å². The second kappa shape index (κ2) is 6.77. The van der Waals surface area contributed by atoms with Crippen LogP contribution >= 0.6 is 0 Å². The molecule has 0 amide bonds. The molecule has 0 atom stereocenters. The molecule has 1 aliphatic rings. The fourth-order valence-electron chi connectivity index (χ4n) is 4.40. The highest BCUT2D eigenvalue weighted by molar-refractivity contribution is 5.97. The van der Waals surface area contributed by atoms with Gasteiger partial charge in [0.25, 0.3) is 0 Å². The zero-order valence-corrected chi connectivity index (χ0v) is 16.7. The molecular formula is C22H22N8. The number of nitrogens with zero attached hydrogens (tertiary/aromatic N) is 5. The molecule has 8 nitrogen and oxygen atoms in total. The van der Waals surface area contributed by atoms with E-state index in [1.165, 1.54) is 0 Å². The summed E-state index contributed by atoms with van der Waals surface area (Å²) in [4.78, 5) is 17.0. The molecule has 3 N–H and O–H groups in total. The molecule has 0 bridgehead atoms. The van der Waals surface area contributed by atoms with Crippen LogP contribution in [-0.2, 0) is 0 Å². The summed E-state index contributed by atoms with van der Waals surface area (Å²) in [5.41, 5.74) is 6.91. The van der Waals surface area contributed by atoms with Crippen LogP contribution in [0.25, 0.3) is 38.9 Å². The molecule has 0 aliphatic carbocycles. The van der Waals surface area contributed by atoms with Crippen LogP contribution in [0, 0.1) is 6.92 Å². The average Bonchev–Trinajstić information content (AvgIpc) is 3.51. The number of nitrogens with one attached hydrogen (secondary N) is 3. The van der Waals surface area contributed by atoms with Gasteiger partial charge in [-0.25, -0.2) is 4.98 Å². The van der Waals surface area contributed by atoms with Gasteiger partial charge >= 0.3 is 0 Å². The first kappa shape index (κ1) is 17.3. The maximum Gasteiger partial charge on any atom is 0.116 e. The van der Waals surface area contributed by atoms with Crippen molar-refractivity contribution in [1.82, 2.24) is 40.0 Å². The largest absolute Gasteiger partial charge is 0.352 e. The quantitative estimate of drug-likeness (QED) is 0.432. The molecule has 1 fully saturated rings. The topological polar surface area (TPSA) is 100 Å². The van der Waals surface area contributed by atoms with Crippen molar-refractivity contribution in [2.24, 2.45) is 0 Å². The summed E-state index contributed by atoms with van der Waals surface area (Å²) in [6, 6.07) is 4.34. The molecule has 5 aromatic heterocycles. The summed E-state index contributed by atoms with van der Waals surface area (Å²) in [6.45, 7) is 4.08. The summed E-state index contributed by atoms with van der Waals surface area (Å²) in [7, 11) is 0. The average molecular weight is 398 g/mol. The van der Waals surface area contributed by atoms with E-state index in [1.54, 1.807) is 0 Å². The Labute approximate surface area is 172 Å². The maximum absolute atomic E-state index is 4.71. The molecule has 0 unspecified atom stereocenters. The highest BCUT2D eigenvalue weighted by Gasteiger charge is 2.19. The van der Waals surface area contributed by atoms with Gasteiger partial charge in [-0.05, 0) is 45.0 Å². The Morgan fingerprint density at radius 2 is 1.90 bits per heavy atom. The van der Waals surface area contributed by atoms with Gasteiger partial charge in [-0.2, -0.15) is 5.10 Å². The van der Waals surface area contributed by atoms with Crippen molar-refractivity contribution >= 4 is 21.8 Å². The molecule has 0 radical (unpaired) electrons. The van der Waals surface area contributed by atoms with E-state index in [9.17, 15) is 0 Å². The number of hydrogen-bond donors (Lipinski definition) is 3. The number of aryl methyl sites for hydroxylation is 1. The minimum absolute atomic E-state index is 0.501. The molecule has 0 aromatic carbocycles. The van der Waals surface area contributed by atoms with Crippen molar-refractivity contribution in [2.45, 2.75) is 25.7 Å². The van der Waals surface area contributed by atoms with Crippen LogP contribution in [0.2, 0.25) is 0 Å². The van der Waals surface area contributed by atoms with Crippen LogP contribution in [0.4, 0.5) is 0 Å². The Kier molecular flexibility index (Phi) is 3.92. The van der Waals surface area contributed by atoms with E-state index in [2.05, 4.69) is 42.6 Å². The number of aromatic amines is 2. The molecule has 150 valence electrons. The molecule has 1 aliphatic heterocycles. The molecular weight excluding hydrogens is 376 g/mol. The Morgan fingerprint density at radius 1 is 1.00 bits per heavy atom. The predicted molar refractivity (Wildman–Crippen MR) is 116 cm³/mol. The molecule has 1 saturated heterocycles.